The molecule has 3 aromatic carbocycles. The van der Waals surface area contributed by atoms with Crippen molar-refractivity contribution in [3.63, 3.8) is 0 Å². The van der Waals surface area contributed by atoms with Crippen molar-refractivity contribution in [1.82, 2.24) is 4.90 Å². The average Bonchev–Trinajstić information content (AvgIpc) is 3.29. The standard InChI is InChI=1S/C28H21FN2O5/c1-2-30-20-11-7-6-10-19(20)28(27(30)35)23-24(33)18-14-17(29)12-13-22(18)36-25(23)26(34)31(28)15-21(32)16-8-4-3-5-9-16/h3-14,21,32H,2,15H2,1H3. The summed E-state index contributed by atoms with van der Waals surface area (Å²) in [7, 11) is 0. The number of amides is 2. The number of nitrogens with zero attached hydrogens (tertiary/aromatic N) is 2. The first-order chi connectivity index (χ1) is 17.4. The molecule has 36 heavy (non-hydrogen) atoms. The molecule has 6 rings (SSSR count). The van der Waals surface area contributed by atoms with E-state index in [0.717, 1.165) is 12.1 Å². The lowest BCUT2D eigenvalue weighted by Gasteiger charge is -2.35. The van der Waals surface area contributed by atoms with Crippen LogP contribution in [0.15, 0.2) is 82.0 Å². The zero-order valence-electron chi connectivity index (χ0n) is 19.3. The molecule has 180 valence electrons. The summed E-state index contributed by atoms with van der Waals surface area (Å²) in [6.07, 6.45) is -1.14. The Labute approximate surface area is 205 Å². The molecule has 2 aliphatic heterocycles. The SMILES string of the molecule is CCN1C(=O)C2(c3ccccc31)c1c(oc3ccc(F)cc3c1=O)C(=O)N2CC(O)c1ccccc1. The van der Waals surface area contributed by atoms with Gasteiger partial charge in [-0.15, -0.1) is 0 Å². The topological polar surface area (TPSA) is 91.1 Å². The first-order valence-electron chi connectivity index (χ1n) is 11.6. The summed E-state index contributed by atoms with van der Waals surface area (Å²) in [6.45, 7) is 1.82. The molecule has 0 bridgehead atoms. The Morgan fingerprint density at radius 1 is 1.00 bits per heavy atom. The van der Waals surface area contributed by atoms with E-state index in [1.807, 2.05) is 0 Å². The minimum Gasteiger partial charge on any atom is -0.450 e. The lowest BCUT2D eigenvalue weighted by molar-refractivity contribution is -0.126. The van der Waals surface area contributed by atoms with Crippen molar-refractivity contribution in [1.29, 1.82) is 0 Å². The molecule has 1 aromatic heterocycles. The van der Waals surface area contributed by atoms with E-state index in [1.54, 1.807) is 61.5 Å². The second-order valence-electron chi connectivity index (χ2n) is 8.90. The second-order valence-corrected chi connectivity index (χ2v) is 8.90. The van der Waals surface area contributed by atoms with Crippen LogP contribution in [0.4, 0.5) is 10.1 Å². The third-order valence-electron chi connectivity index (χ3n) is 7.05. The first-order valence-corrected chi connectivity index (χ1v) is 11.6. The zero-order chi connectivity index (χ0) is 25.2. The molecule has 0 radical (unpaired) electrons. The average molecular weight is 484 g/mol. The number of likely N-dealkylation sites (N-methyl/N-ethyl adjacent to an activating group) is 1. The van der Waals surface area contributed by atoms with Gasteiger partial charge in [0.15, 0.2) is 11.0 Å². The highest BCUT2D eigenvalue weighted by Gasteiger charge is 2.65. The molecule has 2 atom stereocenters. The number of benzene rings is 3. The molecule has 7 nitrogen and oxygen atoms in total. The highest BCUT2D eigenvalue weighted by Crippen LogP contribution is 2.52. The highest BCUT2D eigenvalue weighted by atomic mass is 19.1. The van der Waals surface area contributed by atoms with E-state index >= 15 is 0 Å². The number of fused-ring (bicyclic) bond motifs is 5. The zero-order valence-corrected chi connectivity index (χ0v) is 19.3. The van der Waals surface area contributed by atoms with Crippen LogP contribution in [0.3, 0.4) is 0 Å². The number of hydrogen-bond acceptors (Lipinski definition) is 5. The Balaban J connectivity index is 1.67. The molecule has 8 heteroatoms. The largest absolute Gasteiger partial charge is 0.450 e. The normalized spacial score (nSPS) is 19.3. The summed E-state index contributed by atoms with van der Waals surface area (Å²) < 4.78 is 20.0. The van der Waals surface area contributed by atoms with Gasteiger partial charge in [-0.1, -0.05) is 48.5 Å². The predicted octanol–water partition coefficient (Wildman–Crippen LogP) is 3.73. The van der Waals surface area contributed by atoms with Crippen LogP contribution in [-0.4, -0.2) is 34.9 Å². The van der Waals surface area contributed by atoms with Crippen LogP contribution in [-0.2, 0) is 10.3 Å². The summed E-state index contributed by atoms with van der Waals surface area (Å²) in [6, 6.07) is 19.2. The smallest absolute Gasteiger partial charge is 0.291 e. The van der Waals surface area contributed by atoms with Crippen molar-refractivity contribution in [2.45, 2.75) is 18.6 Å². The van der Waals surface area contributed by atoms with Gasteiger partial charge < -0.3 is 19.3 Å². The van der Waals surface area contributed by atoms with E-state index in [2.05, 4.69) is 0 Å². The van der Waals surface area contributed by atoms with Crippen LogP contribution in [0.1, 0.15) is 40.3 Å². The summed E-state index contributed by atoms with van der Waals surface area (Å²) in [5, 5.41) is 11.0. The monoisotopic (exact) mass is 484 g/mol. The fourth-order valence-corrected chi connectivity index (χ4v) is 5.48. The number of halogens is 1. The maximum atomic E-state index is 14.2. The minimum atomic E-state index is -1.85. The van der Waals surface area contributed by atoms with Crippen LogP contribution < -0.4 is 10.3 Å². The number of hydrogen-bond donors (Lipinski definition) is 1. The Kier molecular flexibility index (Phi) is 4.84. The Hall–Kier alpha value is -4.30. The maximum absolute atomic E-state index is 14.2. The number of anilines is 1. The summed E-state index contributed by atoms with van der Waals surface area (Å²) >= 11 is 0. The van der Waals surface area contributed by atoms with Crippen LogP contribution in [0.2, 0.25) is 0 Å². The van der Waals surface area contributed by atoms with Crippen molar-refractivity contribution in [3.05, 3.63) is 111 Å². The van der Waals surface area contributed by atoms with Gasteiger partial charge in [-0.05, 0) is 36.8 Å². The Bertz CT molecular complexity index is 1620. The lowest BCUT2D eigenvalue weighted by atomic mass is 9.83. The van der Waals surface area contributed by atoms with Crippen molar-refractivity contribution >= 4 is 28.5 Å². The van der Waals surface area contributed by atoms with E-state index in [0.29, 0.717) is 23.4 Å². The van der Waals surface area contributed by atoms with Crippen LogP contribution in [0.25, 0.3) is 11.0 Å². The van der Waals surface area contributed by atoms with Crippen molar-refractivity contribution in [2.24, 2.45) is 0 Å². The molecule has 3 heterocycles. The van der Waals surface area contributed by atoms with Crippen molar-refractivity contribution < 1.29 is 23.5 Å². The van der Waals surface area contributed by atoms with Crippen molar-refractivity contribution in [2.75, 3.05) is 18.0 Å². The van der Waals surface area contributed by atoms with Gasteiger partial charge in [-0.3, -0.25) is 14.4 Å². The van der Waals surface area contributed by atoms with Gasteiger partial charge in [0.25, 0.3) is 11.8 Å². The lowest BCUT2D eigenvalue weighted by Crippen LogP contribution is -2.54. The van der Waals surface area contributed by atoms with Crippen LogP contribution in [0, 0.1) is 5.82 Å². The third kappa shape index (κ3) is 2.79. The molecule has 2 amide bonds. The quantitative estimate of drug-likeness (QED) is 0.477. The Morgan fingerprint density at radius 3 is 2.47 bits per heavy atom. The molecule has 2 aliphatic rings. The van der Waals surface area contributed by atoms with E-state index in [9.17, 15) is 23.9 Å². The summed E-state index contributed by atoms with van der Waals surface area (Å²) in [5.41, 5.74) is -1.07. The molecule has 0 saturated heterocycles. The van der Waals surface area contributed by atoms with Gasteiger partial charge in [0.2, 0.25) is 5.76 Å². The van der Waals surface area contributed by atoms with Gasteiger partial charge >= 0.3 is 0 Å². The first kappa shape index (κ1) is 22.2. The number of aliphatic hydroxyl groups excluding tert-OH is 1. The molecule has 0 fully saturated rings. The van der Waals surface area contributed by atoms with Crippen molar-refractivity contribution in [3.8, 4) is 0 Å². The van der Waals surface area contributed by atoms with E-state index in [4.69, 9.17) is 4.42 Å². The maximum Gasteiger partial charge on any atom is 0.291 e. The number of rotatable bonds is 4. The molecule has 0 saturated carbocycles. The van der Waals surface area contributed by atoms with E-state index in [1.165, 1.54) is 15.9 Å². The number of β-amino-alcohol motifs (C(OH)–C–C–N with tert-alkyl or cyclic N) is 1. The predicted molar refractivity (Wildman–Crippen MR) is 130 cm³/mol. The van der Waals surface area contributed by atoms with Crippen LogP contribution >= 0.6 is 0 Å². The van der Waals surface area contributed by atoms with Gasteiger partial charge in [0.1, 0.15) is 11.4 Å². The minimum absolute atomic E-state index is 0.0418. The van der Waals surface area contributed by atoms with Gasteiger partial charge in [0.05, 0.1) is 29.3 Å². The van der Waals surface area contributed by atoms with E-state index < -0.39 is 34.7 Å². The van der Waals surface area contributed by atoms with Gasteiger partial charge in [-0.2, -0.15) is 0 Å². The molecule has 1 spiro atoms. The molecule has 2 unspecified atom stereocenters. The molecule has 1 N–H and O–H groups in total. The summed E-state index contributed by atoms with van der Waals surface area (Å²) in [4.78, 5) is 44.7. The number of carbonyl (C=O) groups is 2. The fourth-order valence-electron chi connectivity index (χ4n) is 5.48. The molecular formula is C28H21FN2O5. The van der Waals surface area contributed by atoms with Crippen LogP contribution in [0.5, 0.6) is 0 Å². The fraction of sp³-hybridized carbons (Fsp3) is 0.179. The molecule has 4 aromatic rings. The number of para-hydroxylation sites is 1. The number of carbonyl (C=O) groups excluding carboxylic acids is 2. The Morgan fingerprint density at radius 2 is 1.72 bits per heavy atom. The number of aliphatic hydroxyl groups is 1. The van der Waals surface area contributed by atoms with E-state index in [-0.39, 0.29) is 28.8 Å². The molecule has 0 aliphatic carbocycles. The molecular weight excluding hydrogens is 463 g/mol. The highest BCUT2D eigenvalue weighted by molar-refractivity contribution is 6.17. The third-order valence-corrected chi connectivity index (χ3v) is 7.05. The van der Waals surface area contributed by atoms with Gasteiger partial charge in [-0.25, -0.2) is 4.39 Å². The summed E-state index contributed by atoms with van der Waals surface area (Å²) in [5.74, 6) is -2.11. The second kappa shape index (κ2) is 7.86. The van der Waals surface area contributed by atoms with Gasteiger partial charge in [0, 0.05) is 12.1 Å².